The Labute approximate surface area is 126 Å². The van der Waals surface area contributed by atoms with Crippen molar-refractivity contribution in [1.29, 1.82) is 0 Å². The number of carbonyl (C=O) groups excluding carboxylic acids is 2. The van der Waals surface area contributed by atoms with E-state index in [-0.39, 0.29) is 17.7 Å². The van der Waals surface area contributed by atoms with Gasteiger partial charge in [-0.2, -0.15) is 0 Å². The molecular formula is C15H27N3O3. The zero-order valence-electron chi connectivity index (χ0n) is 12.9. The quantitative estimate of drug-likeness (QED) is 0.764. The highest BCUT2D eigenvalue weighted by molar-refractivity contribution is 5.81. The van der Waals surface area contributed by atoms with Crippen molar-refractivity contribution in [3.05, 3.63) is 0 Å². The van der Waals surface area contributed by atoms with Crippen molar-refractivity contribution in [2.75, 3.05) is 32.7 Å². The number of aliphatic hydroxyl groups is 1. The van der Waals surface area contributed by atoms with E-state index in [1.54, 1.807) is 4.90 Å². The fraction of sp³-hybridized carbons (Fsp3) is 0.867. The van der Waals surface area contributed by atoms with Gasteiger partial charge in [-0.3, -0.25) is 14.5 Å². The van der Waals surface area contributed by atoms with Gasteiger partial charge in [0, 0.05) is 19.6 Å². The minimum Gasteiger partial charge on any atom is -0.390 e. The van der Waals surface area contributed by atoms with Crippen LogP contribution in [0.15, 0.2) is 0 Å². The predicted octanol–water partition coefficient (Wildman–Crippen LogP) is -0.0528. The van der Waals surface area contributed by atoms with Gasteiger partial charge in [0.25, 0.3) is 0 Å². The lowest BCUT2D eigenvalue weighted by Crippen LogP contribution is -2.47. The summed E-state index contributed by atoms with van der Waals surface area (Å²) in [5, 5.41) is 10.1. The summed E-state index contributed by atoms with van der Waals surface area (Å²) in [6, 6.07) is 0. The fourth-order valence-electron chi connectivity index (χ4n) is 3.20. The Hall–Kier alpha value is -1.14. The third-order valence-corrected chi connectivity index (χ3v) is 4.69. The topological polar surface area (TPSA) is 86.9 Å². The summed E-state index contributed by atoms with van der Waals surface area (Å²) >= 11 is 0. The standard InChI is InChI=1S/C15H27N3O3/c1-15(21)5-3-7-17(9-6-15)11-13(19)18-8-2-4-12(10-18)14(16)20/h12,21H,2-11H2,1H3,(H2,16,20). The van der Waals surface area contributed by atoms with Gasteiger partial charge in [0.15, 0.2) is 0 Å². The minimum absolute atomic E-state index is 0.0718. The molecule has 2 aliphatic heterocycles. The van der Waals surface area contributed by atoms with Gasteiger partial charge < -0.3 is 15.7 Å². The summed E-state index contributed by atoms with van der Waals surface area (Å²) in [6.45, 7) is 5.00. The van der Waals surface area contributed by atoms with Crippen LogP contribution in [0.1, 0.15) is 39.0 Å². The van der Waals surface area contributed by atoms with Crippen molar-refractivity contribution >= 4 is 11.8 Å². The first-order chi connectivity index (χ1) is 9.87. The Morgan fingerprint density at radius 3 is 2.71 bits per heavy atom. The molecule has 0 bridgehead atoms. The number of likely N-dealkylation sites (tertiary alicyclic amines) is 2. The first-order valence-corrected chi connectivity index (χ1v) is 7.89. The van der Waals surface area contributed by atoms with E-state index in [0.717, 1.165) is 38.8 Å². The monoisotopic (exact) mass is 297 g/mol. The number of nitrogens with zero attached hydrogens (tertiary/aromatic N) is 2. The Morgan fingerprint density at radius 1 is 1.24 bits per heavy atom. The first-order valence-electron chi connectivity index (χ1n) is 7.89. The Morgan fingerprint density at radius 2 is 2.00 bits per heavy atom. The summed E-state index contributed by atoms with van der Waals surface area (Å²) in [4.78, 5) is 27.5. The molecule has 0 aromatic rings. The van der Waals surface area contributed by atoms with Crippen LogP contribution in [0.3, 0.4) is 0 Å². The number of nitrogens with two attached hydrogens (primary N) is 1. The molecule has 6 heteroatoms. The average Bonchev–Trinajstić information content (AvgIpc) is 2.60. The van der Waals surface area contributed by atoms with Crippen molar-refractivity contribution < 1.29 is 14.7 Å². The fourth-order valence-corrected chi connectivity index (χ4v) is 3.20. The van der Waals surface area contributed by atoms with Crippen LogP contribution >= 0.6 is 0 Å². The second kappa shape index (κ2) is 6.75. The number of rotatable bonds is 3. The molecule has 21 heavy (non-hydrogen) atoms. The molecule has 0 aliphatic carbocycles. The number of hydrogen-bond donors (Lipinski definition) is 2. The van der Waals surface area contributed by atoms with E-state index in [9.17, 15) is 14.7 Å². The van der Waals surface area contributed by atoms with E-state index in [1.165, 1.54) is 0 Å². The molecule has 2 heterocycles. The lowest BCUT2D eigenvalue weighted by Gasteiger charge is -2.33. The third kappa shape index (κ3) is 4.68. The molecule has 0 aromatic heterocycles. The van der Waals surface area contributed by atoms with Crippen molar-refractivity contribution in [3.63, 3.8) is 0 Å². The van der Waals surface area contributed by atoms with Crippen molar-refractivity contribution in [2.45, 2.75) is 44.6 Å². The molecule has 2 fully saturated rings. The number of primary amides is 1. The maximum Gasteiger partial charge on any atom is 0.236 e. The summed E-state index contributed by atoms with van der Waals surface area (Å²) in [6.07, 6.45) is 4.01. The maximum atomic E-state index is 12.4. The van der Waals surface area contributed by atoms with Crippen molar-refractivity contribution in [1.82, 2.24) is 9.80 Å². The molecule has 2 atom stereocenters. The van der Waals surface area contributed by atoms with Crippen LogP contribution in [0.5, 0.6) is 0 Å². The van der Waals surface area contributed by atoms with E-state index in [0.29, 0.717) is 26.1 Å². The van der Waals surface area contributed by atoms with Crippen LogP contribution in [0.2, 0.25) is 0 Å². The van der Waals surface area contributed by atoms with Gasteiger partial charge in [-0.1, -0.05) is 0 Å². The van der Waals surface area contributed by atoms with Gasteiger partial charge in [-0.15, -0.1) is 0 Å². The normalized spacial score (nSPS) is 31.7. The molecule has 0 saturated carbocycles. The zero-order valence-corrected chi connectivity index (χ0v) is 12.9. The van der Waals surface area contributed by atoms with E-state index in [2.05, 4.69) is 4.90 Å². The van der Waals surface area contributed by atoms with E-state index >= 15 is 0 Å². The number of amides is 2. The first kappa shape index (κ1) is 16.2. The Kier molecular flexibility index (Phi) is 5.22. The minimum atomic E-state index is -0.611. The van der Waals surface area contributed by atoms with Crippen LogP contribution in [-0.4, -0.2) is 65.0 Å². The Balaban J connectivity index is 1.85. The predicted molar refractivity (Wildman–Crippen MR) is 79.4 cm³/mol. The molecule has 3 N–H and O–H groups in total. The number of piperidine rings is 1. The Bertz CT molecular complexity index is 398. The summed E-state index contributed by atoms with van der Waals surface area (Å²) in [5.41, 5.74) is 4.74. The average molecular weight is 297 g/mol. The second-order valence-corrected chi connectivity index (χ2v) is 6.71. The molecule has 0 spiro atoms. The highest BCUT2D eigenvalue weighted by Gasteiger charge is 2.29. The van der Waals surface area contributed by atoms with Gasteiger partial charge in [0.05, 0.1) is 18.1 Å². The van der Waals surface area contributed by atoms with Crippen molar-refractivity contribution in [2.24, 2.45) is 11.7 Å². The second-order valence-electron chi connectivity index (χ2n) is 6.71. The molecule has 2 saturated heterocycles. The highest BCUT2D eigenvalue weighted by Crippen LogP contribution is 2.22. The van der Waals surface area contributed by atoms with Gasteiger partial charge in [-0.05, 0) is 45.6 Å². The molecule has 0 radical (unpaired) electrons. The largest absolute Gasteiger partial charge is 0.390 e. The van der Waals surface area contributed by atoms with Crippen molar-refractivity contribution in [3.8, 4) is 0 Å². The van der Waals surface area contributed by atoms with Gasteiger partial charge in [-0.25, -0.2) is 0 Å². The van der Waals surface area contributed by atoms with E-state index < -0.39 is 5.60 Å². The molecular weight excluding hydrogens is 270 g/mol. The summed E-state index contributed by atoms with van der Waals surface area (Å²) < 4.78 is 0. The van der Waals surface area contributed by atoms with Crippen LogP contribution in [0, 0.1) is 5.92 Å². The van der Waals surface area contributed by atoms with E-state index in [4.69, 9.17) is 5.73 Å². The molecule has 2 aliphatic rings. The number of hydrogen-bond acceptors (Lipinski definition) is 4. The molecule has 6 nitrogen and oxygen atoms in total. The van der Waals surface area contributed by atoms with Crippen LogP contribution in [0.25, 0.3) is 0 Å². The number of carbonyl (C=O) groups is 2. The van der Waals surface area contributed by atoms with Gasteiger partial charge in [0.2, 0.25) is 11.8 Å². The lowest BCUT2D eigenvalue weighted by atomic mass is 9.97. The molecule has 120 valence electrons. The van der Waals surface area contributed by atoms with E-state index in [1.807, 2.05) is 6.92 Å². The SMILES string of the molecule is CC1(O)CCCN(CC(=O)N2CCCC(C(N)=O)C2)CC1. The third-order valence-electron chi connectivity index (χ3n) is 4.69. The van der Waals surface area contributed by atoms with Crippen LogP contribution < -0.4 is 5.73 Å². The van der Waals surface area contributed by atoms with Crippen LogP contribution in [-0.2, 0) is 9.59 Å². The summed E-state index contributed by atoms with van der Waals surface area (Å²) in [5.74, 6) is -0.437. The summed E-state index contributed by atoms with van der Waals surface area (Å²) in [7, 11) is 0. The highest BCUT2D eigenvalue weighted by atomic mass is 16.3. The molecule has 2 unspecified atom stereocenters. The smallest absolute Gasteiger partial charge is 0.236 e. The maximum absolute atomic E-state index is 12.4. The molecule has 2 amide bonds. The molecule has 0 aromatic carbocycles. The lowest BCUT2D eigenvalue weighted by molar-refractivity contribution is -0.136. The van der Waals surface area contributed by atoms with Crippen LogP contribution in [0.4, 0.5) is 0 Å². The molecule has 2 rings (SSSR count). The van der Waals surface area contributed by atoms with Gasteiger partial charge in [0.1, 0.15) is 0 Å². The van der Waals surface area contributed by atoms with Gasteiger partial charge >= 0.3 is 0 Å². The zero-order chi connectivity index (χ0) is 15.5.